The summed E-state index contributed by atoms with van der Waals surface area (Å²) >= 11 is 0. The van der Waals surface area contributed by atoms with Gasteiger partial charge in [0.2, 0.25) is 0 Å². The van der Waals surface area contributed by atoms with E-state index in [0.29, 0.717) is 0 Å². The third-order valence-corrected chi connectivity index (χ3v) is 3.44. The van der Waals surface area contributed by atoms with Gasteiger partial charge >= 0.3 is 0 Å². The van der Waals surface area contributed by atoms with Crippen molar-refractivity contribution in [1.29, 1.82) is 5.26 Å². The fraction of sp³-hybridized carbons (Fsp3) is 0.533. The molecule has 1 aromatic rings. The summed E-state index contributed by atoms with van der Waals surface area (Å²) in [6.45, 7) is 8.12. The van der Waals surface area contributed by atoms with Crippen LogP contribution in [0.2, 0.25) is 0 Å². The van der Waals surface area contributed by atoms with E-state index in [0.717, 1.165) is 24.2 Å². The molecule has 2 heteroatoms. The van der Waals surface area contributed by atoms with Gasteiger partial charge in [0.05, 0.1) is 11.5 Å². The Morgan fingerprint density at radius 3 is 2.71 bits per heavy atom. The average Bonchev–Trinajstić information content (AvgIpc) is 2.27. The maximum atomic E-state index is 9.15. The Labute approximate surface area is 103 Å². The van der Waals surface area contributed by atoms with Gasteiger partial charge in [0.1, 0.15) is 11.4 Å². The number of nitriles is 1. The van der Waals surface area contributed by atoms with Gasteiger partial charge in [-0.05, 0) is 57.7 Å². The molecule has 1 aliphatic rings. The molecule has 2 rings (SSSR count). The summed E-state index contributed by atoms with van der Waals surface area (Å²) < 4.78 is 5.94. The van der Waals surface area contributed by atoms with Gasteiger partial charge in [-0.15, -0.1) is 0 Å². The molecule has 0 saturated carbocycles. The van der Waals surface area contributed by atoms with Crippen LogP contribution in [0.15, 0.2) is 18.2 Å². The minimum atomic E-state index is -0.429. The lowest BCUT2D eigenvalue weighted by Crippen LogP contribution is -2.32. The Bertz CT molecular complexity index is 480. The van der Waals surface area contributed by atoms with E-state index in [4.69, 9.17) is 10.00 Å². The zero-order valence-corrected chi connectivity index (χ0v) is 11.0. The fourth-order valence-corrected chi connectivity index (χ4v) is 2.11. The van der Waals surface area contributed by atoms with Crippen molar-refractivity contribution in [2.75, 3.05) is 0 Å². The molecule has 0 atom stereocenters. The topological polar surface area (TPSA) is 33.0 Å². The molecule has 17 heavy (non-hydrogen) atoms. The lowest BCUT2D eigenvalue weighted by Gasteiger charge is -2.33. The summed E-state index contributed by atoms with van der Waals surface area (Å²) in [4.78, 5) is 0. The molecule has 1 aliphatic heterocycles. The predicted octanol–water partition coefficient (Wildman–Crippen LogP) is 3.59. The van der Waals surface area contributed by atoms with E-state index < -0.39 is 5.41 Å². The Morgan fingerprint density at radius 1 is 1.35 bits per heavy atom. The summed E-state index contributed by atoms with van der Waals surface area (Å²) in [7, 11) is 0. The van der Waals surface area contributed by atoms with Gasteiger partial charge in [0.15, 0.2) is 0 Å². The average molecular weight is 229 g/mol. The molecule has 0 aliphatic carbocycles. The Balaban J connectivity index is 2.38. The van der Waals surface area contributed by atoms with Crippen molar-refractivity contribution in [3.05, 3.63) is 29.3 Å². The molecule has 0 amide bonds. The third kappa shape index (κ3) is 2.29. The normalized spacial score (nSPS) is 17.8. The van der Waals surface area contributed by atoms with Gasteiger partial charge in [0, 0.05) is 0 Å². The standard InChI is InChI=1S/C15H19NO/c1-14(2,10-16)12-5-6-13-11(9-12)7-8-15(3,4)17-13/h5-6,9H,7-8H2,1-4H3. The maximum absolute atomic E-state index is 9.15. The zero-order chi connectivity index (χ0) is 12.7. The first-order valence-electron chi connectivity index (χ1n) is 6.08. The minimum Gasteiger partial charge on any atom is -0.488 e. The van der Waals surface area contributed by atoms with E-state index in [2.05, 4.69) is 26.0 Å². The van der Waals surface area contributed by atoms with Gasteiger partial charge in [-0.3, -0.25) is 0 Å². The van der Waals surface area contributed by atoms with E-state index in [1.807, 2.05) is 26.0 Å². The van der Waals surface area contributed by atoms with Crippen LogP contribution in [0.5, 0.6) is 5.75 Å². The highest BCUT2D eigenvalue weighted by Gasteiger charge is 2.28. The zero-order valence-electron chi connectivity index (χ0n) is 11.0. The van der Waals surface area contributed by atoms with Crippen LogP contribution in [0.4, 0.5) is 0 Å². The van der Waals surface area contributed by atoms with E-state index in [1.54, 1.807) is 0 Å². The Kier molecular flexibility index (Phi) is 2.66. The quantitative estimate of drug-likeness (QED) is 0.737. The largest absolute Gasteiger partial charge is 0.488 e. The van der Waals surface area contributed by atoms with Gasteiger partial charge < -0.3 is 4.74 Å². The smallest absolute Gasteiger partial charge is 0.123 e. The molecule has 1 aromatic carbocycles. The summed E-state index contributed by atoms with van der Waals surface area (Å²) in [5.41, 5.74) is 1.80. The molecule has 0 aromatic heterocycles. The number of hydrogen-bond donors (Lipinski definition) is 0. The molecule has 0 spiro atoms. The molecule has 0 bridgehead atoms. The highest BCUT2D eigenvalue weighted by Crippen LogP contribution is 2.35. The van der Waals surface area contributed by atoms with Crippen LogP contribution < -0.4 is 4.74 Å². The second kappa shape index (κ2) is 3.77. The lowest BCUT2D eigenvalue weighted by atomic mass is 9.84. The van der Waals surface area contributed by atoms with Gasteiger partial charge in [0.25, 0.3) is 0 Å². The summed E-state index contributed by atoms with van der Waals surface area (Å²) in [6, 6.07) is 8.47. The molecule has 0 N–H and O–H groups in total. The second-order valence-corrected chi connectivity index (χ2v) is 5.92. The Morgan fingerprint density at radius 2 is 2.06 bits per heavy atom. The third-order valence-electron chi connectivity index (χ3n) is 3.44. The minimum absolute atomic E-state index is 0.0702. The molecule has 90 valence electrons. The van der Waals surface area contributed by atoms with E-state index in [1.165, 1.54) is 5.56 Å². The second-order valence-electron chi connectivity index (χ2n) is 5.92. The van der Waals surface area contributed by atoms with Crippen molar-refractivity contribution >= 4 is 0 Å². The SMILES string of the molecule is CC1(C)CCc2cc(C(C)(C)C#N)ccc2O1. The van der Waals surface area contributed by atoms with Crippen molar-refractivity contribution in [2.24, 2.45) is 0 Å². The summed E-state index contributed by atoms with van der Waals surface area (Å²) in [6.07, 6.45) is 2.05. The van der Waals surface area contributed by atoms with Crippen LogP contribution in [-0.2, 0) is 11.8 Å². The molecular weight excluding hydrogens is 210 g/mol. The molecule has 2 nitrogen and oxygen atoms in total. The lowest BCUT2D eigenvalue weighted by molar-refractivity contribution is 0.0846. The van der Waals surface area contributed by atoms with Gasteiger partial charge in [-0.1, -0.05) is 12.1 Å². The fourth-order valence-electron chi connectivity index (χ4n) is 2.11. The van der Waals surface area contributed by atoms with E-state index in [-0.39, 0.29) is 5.60 Å². The van der Waals surface area contributed by atoms with Gasteiger partial charge in [-0.25, -0.2) is 0 Å². The Hall–Kier alpha value is -1.49. The van der Waals surface area contributed by atoms with Crippen molar-refractivity contribution in [2.45, 2.75) is 51.6 Å². The van der Waals surface area contributed by atoms with E-state index >= 15 is 0 Å². The highest BCUT2D eigenvalue weighted by molar-refractivity contribution is 5.43. The molecule has 0 saturated heterocycles. The molecule has 0 fully saturated rings. The van der Waals surface area contributed by atoms with Crippen molar-refractivity contribution < 1.29 is 4.74 Å². The van der Waals surface area contributed by atoms with Crippen LogP contribution >= 0.6 is 0 Å². The summed E-state index contributed by atoms with van der Waals surface area (Å²) in [5.74, 6) is 0.971. The number of aryl methyl sites for hydroxylation is 1. The highest BCUT2D eigenvalue weighted by atomic mass is 16.5. The van der Waals surface area contributed by atoms with Crippen LogP contribution in [0.1, 0.15) is 45.2 Å². The first kappa shape index (κ1) is 12.0. The first-order valence-corrected chi connectivity index (χ1v) is 6.08. The van der Waals surface area contributed by atoms with Crippen molar-refractivity contribution in [3.8, 4) is 11.8 Å². The van der Waals surface area contributed by atoms with Crippen LogP contribution in [-0.4, -0.2) is 5.60 Å². The molecule has 0 unspecified atom stereocenters. The number of ether oxygens (including phenoxy) is 1. The van der Waals surface area contributed by atoms with Crippen molar-refractivity contribution in [1.82, 2.24) is 0 Å². The maximum Gasteiger partial charge on any atom is 0.123 e. The first-order chi connectivity index (χ1) is 7.84. The molecular formula is C15H19NO. The molecule has 1 heterocycles. The monoisotopic (exact) mass is 229 g/mol. The van der Waals surface area contributed by atoms with Crippen LogP contribution in [0.3, 0.4) is 0 Å². The predicted molar refractivity (Wildman–Crippen MR) is 68.1 cm³/mol. The number of fused-ring (bicyclic) bond motifs is 1. The molecule has 0 radical (unpaired) electrons. The number of rotatable bonds is 1. The van der Waals surface area contributed by atoms with Crippen LogP contribution in [0.25, 0.3) is 0 Å². The van der Waals surface area contributed by atoms with Gasteiger partial charge in [-0.2, -0.15) is 5.26 Å². The van der Waals surface area contributed by atoms with Crippen molar-refractivity contribution in [3.63, 3.8) is 0 Å². The number of nitrogens with zero attached hydrogens (tertiary/aromatic N) is 1. The summed E-state index contributed by atoms with van der Waals surface area (Å²) in [5, 5.41) is 9.15. The number of benzene rings is 1. The van der Waals surface area contributed by atoms with E-state index in [9.17, 15) is 0 Å². The van der Waals surface area contributed by atoms with Crippen LogP contribution in [0, 0.1) is 11.3 Å². The number of hydrogen-bond acceptors (Lipinski definition) is 2.